The van der Waals surface area contributed by atoms with Crippen molar-refractivity contribution < 1.29 is 9.90 Å². The van der Waals surface area contributed by atoms with E-state index in [1.165, 1.54) is 6.08 Å². The molecule has 0 atom stereocenters. The van der Waals surface area contributed by atoms with Crippen LogP contribution in [-0.2, 0) is 11.2 Å². The van der Waals surface area contributed by atoms with Gasteiger partial charge in [-0.2, -0.15) is 5.26 Å². The molecule has 18 heavy (non-hydrogen) atoms. The molecule has 1 aromatic carbocycles. The van der Waals surface area contributed by atoms with Crippen molar-refractivity contribution in [3.8, 4) is 6.07 Å². The average molecular weight is 239 g/mol. The first-order valence-corrected chi connectivity index (χ1v) is 5.59. The molecule has 0 spiro atoms. The van der Waals surface area contributed by atoms with E-state index in [1.54, 1.807) is 12.3 Å². The highest BCUT2D eigenvalue weighted by Gasteiger charge is 2.06. The first kappa shape index (κ1) is 11.9. The van der Waals surface area contributed by atoms with Gasteiger partial charge in [0.25, 0.3) is 0 Å². The quantitative estimate of drug-likeness (QED) is 0.649. The molecule has 0 aliphatic carbocycles. The highest BCUT2D eigenvalue weighted by atomic mass is 16.4. The molecule has 0 unspecified atom stereocenters. The lowest BCUT2D eigenvalue weighted by molar-refractivity contribution is -0.298. The number of carbonyl (C=O) groups is 1. The van der Waals surface area contributed by atoms with E-state index in [9.17, 15) is 9.90 Å². The third kappa shape index (κ3) is 1.98. The molecule has 0 amide bonds. The largest absolute Gasteiger partial charge is 0.544 e. The Hall–Kier alpha value is -2.54. The number of aromatic amines is 1. The Morgan fingerprint density at radius 2 is 2.33 bits per heavy atom. The van der Waals surface area contributed by atoms with Crippen LogP contribution < -0.4 is 5.11 Å². The Balaban J connectivity index is 2.61. The summed E-state index contributed by atoms with van der Waals surface area (Å²) in [7, 11) is 0. The van der Waals surface area contributed by atoms with Gasteiger partial charge in [0.1, 0.15) is 6.07 Å². The molecule has 2 aromatic rings. The van der Waals surface area contributed by atoms with Gasteiger partial charge in [0, 0.05) is 22.7 Å². The number of rotatable bonds is 3. The van der Waals surface area contributed by atoms with Crippen LogP contribution in [0.4, 0.5) is 0 Å². The van der Waals surface area contributed by atoms with Gasteiger partial charge in [-0.1, -0.05) is 25.1 Å². The predicted molar refractivity (Wildman–Crippen MR) is 66.3 cm³/mol. The number of nitrogens with zero attached hydrogens (tertiary/aromatic N) is 1. The van der Waals surface area contributed by atoms with E-state index in [0.717, 1.165) is 22.9 Å². The van der Waals surface area contributed by atoms with Crippen molar-refractivity contribution in [3.63, 3.8) is 0 Å². The van der Waals surface area contributed by atoms with E-state index in [-0.39, 0.29) is 5.57 Å². The van der Waals surface area contributed by atoms with E-state index in [2.05, 4.69) is 4.98 Å². The van der Waals surface area contributed by atoms with Crippen molar-refractivity contribution >= 4 is 22.9 Å². The number of hydrogen-bond donors (Lipinski definition) is 1. The fraction of sp³-hybridized carbons (Fsp3) is 0.143. The van der Waals surface area contributed by atoms with Crippen LogP contribution in [0.15, 0.2) is 30.0 Å². The molecule has 4 heteroatoms. The summed E-state index contributed by atoms with van der Waals surface area (Å²) in [5.41, 5.74) is 2.43. The second kappa shape index (κ2) is 4.76. The normalized spacial score (nSPS) is 11.4. The molecular weight excluding hydrogens is 228 g/mol. The van der Waals surface area contributed by atoms with Crippen molar-refractivity contribution in [3.05, 3.63) is 41.1 Å². The van der Waals surface area contributed by atoms with Crippen LogP contribution in [0.5, 0.6) is 0 Å². The summed E-state index contributed by atoms with van der Waals surface area (Å²) in [6.45, 7) is 2.05. The molecule has 0 aliphatic rings. The molecule has 0 aliphatic heterocycles. The molecule has 0 saturated heterocycles. The minimum absolute atomic E-state index is 0.377. The summed E-state index contributed by atoms with van der Waals surface area (Å²) in [5.74, 6) is -1.46. The fourth-order valence-corrected chi connectivity index (χ4v) is 1.95. The van der Waals surface area contributed by atoms with Crippen molar-refractivity contribution in [1.82, 2.24) is 4.98 Å². The monoisotopic (exact) mass is 239 g/mol. The van der Waals surface area contributed by atoms with Crippen LogP contribution >= 0.6 is 0 Å². The lowest BCUT2D eigenvalue weighted by Gasteiger charge is -2.00. The molecule has 0 radical (unpaired) electrons. The van der Waals surface area contributed by atoms with Gasteiger partial charge in [0.2, 0.25) is 0 Å². The number of aryl methyl sites for hydroxylation is 1. The minimum atomic E-state index is -1.46. The summed E-state index contributed by atoms with van der Waals surface area (Å²) in [6, 6.07) is 7.43. The van der Waals surface area contributed by atoms with Gasteiger partial charge in [-0.25, -0.2) is 0 Å². The SMILES string of the molecule is CCc1cccc2c(/C=C(\C#N)C(=O)[O-])c[nH]c12. The van der Waals surface area contributed by atoms with Crippen molar-refractivity contribution in [2.24, 2.45) is 0 Å². The van der Waals surface area contributed by atoms with Gasteiger partial charge >= 0.3 is 0 Å². The van der Waals surface area contributed by atoms with E-state index in [0.29, 0.717) is 5.56 Å². The number of nitrogens with one attached hydrogen (secondary N) is 1. The van der Waals surface area contributed by atoms with Gasteiger partial charge in [0.15, 0.2) is 0 Å². The smallest absolute Gasteiger partial charge is 0.101 e. The lowest BCUT2D eigenvalue weighted by atomic mass is 10.1. The first-order chi connectivity index (χ1) is 8.67. The highest BCUT2D eigenvalue weighted by molar-refractivity contribution is 5.99. The zero-order valence-electron chi connectivity index (χ0n) is 9.86. The second-order valence-electron chi connectivity index (χ2n) is 3.89. The van der Waals surface area contributed by atoms with E-state index >= 15 is 0 Å². The Kier molecular flexibility index (Phi) is 3.16. The number of carboxylic acids is 1. The van der Waals surface area contributed by atoms with E-state index in [1.807, 2.05) is 25.1 Å². The number of benzene rings is 1. The van der Waals surface area contributed by atoms with Crippen LogP contribution in [0, 0.1) is 11.3 Å². The summed E-state index contributed by atoms with van der Waals surface area (Å²) < 4.78 is 0. The minimum Gasteiger partial charge on any atom is -0.544 e. The molecule has 90 valence electrons. The van der Waals surface area contributed by atoms with Gasteiger partial charge in [-0.3, -0.25) is 0 Å². The highest BCUT2D eigenvalue weighted by Crippen LogP contribution is 2.23. The van der Waals surface area contributed by atoms with Crippen LogP contribution in [-0.4, -0.2) is 11.0 Å². The zero-order valence-corrected chi connectivity index (χ0v) is 9.86. The molecule has 0 bridgehead atoms. The number of nitriles is 1. The maximum atomic E-state index is 10.7. The third-order valence-corrected chi connectivity index (χ3v) is 2.85. The molecular formula is C14H11N2O2-. The number of carbonyl (C=O) groups excluding carboxylic acids is 1. The fourth-order valence-electron chi connectivity index (χ4n) is 1.95. The molecule has 0 saturated carbocycles. The Morgan fingerprint density at radius 3 is 2.94 bits per heavy atom. The summed E-state index contributed by atoms with van der Waals surface area (Å²) in [5, 5.41) is 20.3. The summed E-state index contributed by atoms with van der Waals surface area (Å²) >= 11 is 0. The van der Waals surface area contributed by atoms with Crippen molar-refractivity contribution in [2.75, 3.05) is 0 Å². The molecule has 4 nitrogen and oxygen atoms in total. The molecule has 1 aromatic heterocycles. The molecule has 2 rings (SSSR count). The number of H-pyrrole nitrogens is 1. The second-order valence-corrected chi connectivity index (χ2v) is 3.89. The first-order valence-electron chi connectivity index (χ1n) is 5.59. The Bertz CT molecular complexity index is 675. The number of para-hydroxylation sites is 1. The van der Waals surface area contributed by atoms with Crippen LogP contribution in [0.2, 0.25) is 0 Å². The molecule has 1 N–H and O–H groups in total. The molecule has 1 heterocycles. The van der Waals surface area contributed by atoms with Crippen LogP contribution in [0.3, 0.4) is 0 Å². The predicted octanol–water partition coefficient (Wildman–Crippen LogP) is 1.39. The maximum absolute atomic E-state index is 10.7. The van der Waals surface area contributed by atoms with Gasteiger partial charge in [-0.05, 0) is 18.1 Å². The summed E-state index contributed by atoms with van der Waals surface area (Å²) in [4.78, 5) is 13.8. The van der Waals surface area contributed by atoms with Crippen molar-refractivity contribution in [1.29, 1.82) is 5.26 Å². The van der Waals surface area contributed by atoms with Crippen LogP contribution in [0.1, 0.15) is 18.1 Å². The zero-order chi connectivity index (χ0) is 13.1. The third-order valence-electron chi connectivity index (χ3n) is 2.85. The van der Waals surface area contributed by atoms with Gasteiger partial charge in [0.05, 0.1) is 11.5 Å². The standard InChI is InChI=1S/C14H12N2O2/c1-2-9-4-3-5-12-11(8-16-13(9)12)6-10(7-15)14(17)18/h3-6,8,16H,2H2,1H3,(H,17,18)/p-1/b10-6+. The lowest BCUT2D eigenvalue weighted by Crippen LogP contribution is -2.23. The summed E-state index contributed by atoms with van der Waals surface area (Å²) in [6.07, 6.45) is 3.91. The Morgan fingerprint density at radius 1 is 1.56 bits per heavy atom. The maximum Gasteiger partial charge on any atom is 0.101 e. The number of carboxylic acid groups (broad SMARTS) is 1. The average Bonchev–Trinajstić information content (AvgIpc) is 2.78. The van der Waals surface area contributed by atoms with Gasteiger partial charge in [-0.15, -0.1) is 0 Å². The number of hydrogen-bond acceptors (Lipinski definition) is 3. The van der Waals surface area contributed by atoms with Crippen LogP contribution in [0.25, 0.3) is 17.0 Å². The Labute approximate surface area is 104 Å². The van der Waals surface area contributed by atoms with E-state index < -0.39 is 5.97 Å². The number of aliphatic carboxylic acids is 1. The number of aromatic nitrogens is 1. The number of fused-ring (bicyclic) bond motifs is 1. The van der Waals surface area contributed by atoms with Crippen molar-refractivity contribution in [2.45, 2.75) is 13.3 Å². The van der Waals surface area contributed by atoms with Gasteiger partial charge < -0.3 is 14.9 Å². The topological polar surface area (TPSA) is 79.7 Å². The van der Waals surface area contributed by atoms with E-state index in [4.69, 9.17) is 5.26 Å². The molecule has 0 fully saturated rings.